The Bertz CT molecular complexity index is 903. The van der Waals surface area contributed by atoms with Crippen LogP contribution in [0.3, 0.4) is 0 Å². The van der Waals surface area contributed by atoms with Crippen molar-refractivity contribution in [2.75, 3.05) is 13.1 Å². The number of amides is 1. The van der Waals surface area contributed by atoms with Gasteiger partial charge in [-0.1, -0.05) is 0 Å². The Hall–Kier alpha value is -2.82. The van der Waals surface area contributed by atoms with Crippen LogP contribution in [-0.4, -0.2) is 35.3 Å². The number of hydrogen-bond donors (Lipinski definition) is 0. The van der Waals surface area contributed by atoms with Gasteiger partial charge < -0.3 is 14.1 Å². The molecule has 2 aliphatic heterocycles. The topological polar surface area (TPSA) is 59.8 Å². The first-order chi connectivity index (χ1) is 13.0. The normalized spacial score (nSPS) is 18.6. The number of carbonyl (C=O) groups is 2. The molecule has 1 fully saturated rings. The van der Waals surface area contributed by atoms with Gasteiger partial charge in [-0.2, -0.15) is 0 Å². The molecule has 27 heavy (non-hydrogen) atoms. The Kier molecular flexibility index (Phi) is 4.38. The number of piperidine rings is 1. The van der Waals surface area contributed by atoms with E-state index in [4.69, 9.17) is 9.15 Å². The van der Waals surface area contributed by atoms with Crippen molar-refractivity contribution in [3.8, 4) is 5.75 Å². The molecule has 1 amide bonds. The van der Waals surface area contributed by atoms with Crippen LogP contribution >= 0.6 is 0 Å². The fourth-order valence-electron chi connectivity index (χ4n) is 3.81. The van der Waals surface area contributed by atoms with E-state index >= 15 is 0 Å². The second-order valence-electron chi connectivity index (χ2n) is 7.49. The van der Waals surface area contributed by atoms with Gasteiger partial charge in [-0.05, 0) is 55.3 Å². The molecular weight excluding hydrogens is 342 g/mol. The van der Waals surface area contributed by atoms with Crippen LogP contribution in [0.5, 0.6) is 5.75 Å². The second kappa shape index (κ2) is 6.72. The smallest absolute Gasteiger partial charge is 0.246 e. The Balaban J connectivity index is 1.44. The Morgan fingerprint density at radius 1 is 1.19 bits per heavy atom. The number of carbonyl (C=O) groups excluding carboxylic acids is 2. The third-order valence-electron chi connectivity index (χ3n) is 5.63. The monoisotopic (exact) mass is 365 g/mol. The highest BCUT2D eigenvalue weighted by Crippen LogP contribution is 2.40. The summed E-state index contributed by atoms with van der Waals surface area (Å²) in [6.07, 6.45) is 6.48. The van der Waals surface area contributed by atoms with E-state index in [0.717, 1.165) is 11.1 Å². The average Bonchev–Trinajstić information content (AvgIpc) is 3.16. The van der Waals surface area contributed by atoms with Gasteiger partial charge in [-0.25, -0.2) is 0 Å². The molecule has 5 heteroatoms. The van der Waals surface area contributed by atoms with Gasteiger partial charge in [0.05, 0.1) is 18.2 Å². The zero-order valence-electron chi connectivity index (χ0n) is 15.7. The number of ether oxygens (including phenoxy) is 1. The highest BCUT2D eigenvalue weighted by Gasteiger charge is 2.43. The molecule has 0 unspecified atom stereocenters. The van der Waals surface area contributed by atoms with E-state index in [1.807, 2.05) is 26.0 Å². The van der Waals surface area contributed by atoms with Gasteiger partial charge in [0.2, 0.25) is 5.91 Å². The Morgan fingerprint density at radius 3 is 2.63 bits per heavy atom. The van der Waals surface area contributed by atoms with Gasteiger partial charge in [0.15, 0.2) is 5.78 Å². The maximum atomic E-state index is 12.7. The van der Waals surface area contributed by atoms with Crippen molar-refractivity contribution in [1.82, 2.24) is 4.90 Å². The van der Waals surface area contributed by atoms with Gasteiger partial charge in [0.1, 0.15) is 17.1 Å². The van der Waals surface area contributed by atoms with Crippen molar-refractivity contribution in [2.24, 2.45) is 0 Å². The molecule has 1 saturated heterocycles. The first-order valence-corrected chi connectivity index (χ1v) is 9.30. The molecule has 0 bridgehead atoms. The molecule has 4 rings (SSSR count). The molecule has 1 aromatic heterocycles. The average molecular weight is 365 g/mol. The number of Topliss-reactive ketones (excluding diaryl/α,β-unsaturated/α-hetero) is 1. The number of likely N-dealkylation sites (tertiary alicyclic amines) is 1. The molecule has 0 atom stereocenters. The van der Waals surface area contributed by atoms with E-state index in [-0.39, 0.29) is 11.7 Å². The van der Waals surface area contributed by atoms with Crippen molar-refractivity contribution >= 4 is 17.8 Å². The van der Waals surface area contributed by atoms with Crippen molar-refractivity contribution in [2.45, 2.75) is 38.7 Å². The molecule has 1 aromatic carbocycles. The predicted octanol–water partition coefficient (Wildman–Crippen LogP) is 3.94. The lowest BCUT2D eigenvalue weighted by molar-refractivity contribution is -0.129. The van der Waals surface area contributed by atoms with Gasteiger partial charge in [0, 0.05) is 32.0 Å². The van der Waals surface area contributed by atoms with E-state index in [9.17, 15) is 9.59 Å². The summed E-state index contributed by atoms with van der Waals surface area (Å²) in [4.78, 5) is 26.9. The van der Waals surface area contributed by atoms with Crippen LogP contribution in [0.2, 0.25) is 0 Å². The molecule has 0 radical (unpaired) electrons. The number of furan rings is 1. The number of nitrogens with zero attached hydrogens (tertiary/aromatic N) is 1. The van der Waals surface area contributed by atoms with E-state index in [1.165, 1.54) is 6.08 Å². The summed E-state index contributed by atoms with van der Waals surface area (Å²) in [5.74, 6) is 1.43. The molecule has 140 valence electrons. The Morgan fingerprint density at radius 2 is 1.93 bits per heavy atom. The molecule has 3 heterocycles. The van der Waals surface area contributed by atoms with Crippen molar-refractivity contribution < 1.29 is 18.7 Å². The standard InChI is InChI=1S/C22H23NO4/c1-15-12-18-19(24)14-22(27-20(18)13-16(15)2)7-9-23(10-8-22)21(25)6-5-17-4-3-11-26-17/h3-6,11-13H,7-10,14H2,1-2H3/b6-5+. The van der Waals surface area contributed by atoms with Crippen molar-refractivity contribution in [3.05, 3.63) is 59.1 Å². The van der Waals surface area contributed by atoms with Crippen LogP contribution in [-0.2, 0) is 4.79 Å². The second-order valence-corrected chi connectivity index (χ2v) is 7.49. The highest BCUT2D eigenvalue weighted by molar-refractivity contribution is 6.00. The Labute approximate surface area is 158 Å². The van der Waals surface area contributed by atoms with Crippen LogP contribution in [0.25, 0.3) is 6.08 Å². The third-order valence-corrected chi connectivity index (χ3v) is 5.63. The molecule has 0 N–H and O–H groups in total. The summed E-state index contributed by atoms with van der Waals surface area (Å²) in [7, 11) is 0. The van der Waals surface area contributed by atoms with Gasteiger partial charge in [-0.15, -0.1) is 0 Å². The minimum absolute atomic E-state index is 0.0461. The minimum Gasteiger partial charge on any atom is -0.486 e. The van der Waals surface area contributed by atoms with Crippen LogP contribution in [0, 0.1) is 13.8 Å². The lowest BCUT2D eigenvalue weighted by atomic mass is 9.82. The van der Waals surface area contributed by atoms with Gasteiger partial charge >= 0.3 is 0 Å². The molecule has 2 aliphatic rings. The number of hydrogen-bond acceptors (Lipinski definition) is 4. The van der Waals surface area contributed by atoms with E-state index in [2.05, 4.69) is 0 Å². The number of ketones is 1. The molecule has 2 aromatic rings. The zero-order chi connectivity index (χ0) is 19.0. The summed E-state index contributed by atoms with van der Waals surface area (Å²) in [5, 5.41) is 0. The minimum atomic E-state index is -0.493. The van der Waals surface area contributed by atoms with E-state index in [1.54, 1.807) is 29.4 Å². The molecule has 0 saturated carbocycles. The van der Waals surface area contributed by atoms with Crippen molar-refractivity contribution in [3.63, 3.8) is 0 Å². The SMILES string of the molecule is Cc1cc2c(cc1C)C(=O)CC1(CCN(C(=O)/C=C/c3ccco3)CC1)O2. The van der Waals surface area contributed by atoms with E-state index < -0.39 is 5.60 Å². The first kappa shape index (κ1) is 17.6. The lowest BCUT2D eigenvalue weighted by Crippen LogP contribution is -2.52. The van der Waals surface area contributed by atoms with Crippen LogP contribution in [0.4, 0.5) is 0 Å². The number of fused-ring (bicyclic) bond motifs is 1. The van der Waals surface area contributed by atoms with Crippen LogP contribution in [0.1, 0.15) is 46.5 Å². The summed E-state index contributed by atoms with van der Waals surface area (Å²) >= 11 is 0. The molecule has 5 nitrogen and oxygen atoms in total. The zero-order valence-corrected chi connectivity index (χ0v) is 15.7. The van der Waals surface area contributed by atoms with Gasteiger partial charge in [0.25, 0.3) is 0 Å². The summed E-state index contributed by atoms with van der Waals surface area (Å²) in [6, 6.07) is 7.48. The maximum Gasteiger partial charge on any atom is 0.246 e. The van der Waals surface area contributed by atoms with Crippen molar-refractivity contribution in [1.29, 1.82) is 0 Å². The summed E-state index contributed by atoms with van der Waals surface area (Å²) < 4.78 is 11.5. The lowest BCUT2D eigenvalue weighted by Gasteiger charge is -2.44. The van der Waals surface area contributed by atoms with Gasteiger partial charge in [-0.3, -0.25) is 9.59 Å². The number of benzene rings is 1. The number of aryl methyl sites for hydroxylation is 2. The maximum absolute atomic E-state index is 12.7. The largest absolute Gasteiger partial charge is 0.486 e. The summed E-state index contributed by atoms with van der Waals surface area (Å²) in [6.45, 7) is 5.19. The fraction of sp³-hybridized carbons (Fsp3) is 0.364. The quantitative estimate of drug-likeness (QED) is 0.757. The molecular formula is C22H23NO4. The summed E-state index contributed by atoms with van der Waals surface area (Å²) in [5.41, 5.74) is 2.41. The predicted molar refractivity (Wildman–Crippen MR) is 102 cm³/mol. The fourth-order valence-corrected chi connectivity index (χ4v) is 3.81. The molecule has 1 spiro atoms. The first-order valence-electron chi connectivity index (χ1n) is 9.30. The highest BCUT2D eigenvalue weighted by atomic mass is 16.5. The molecule has 0 aliphatic carbocycles. The van der Waals surface area contributed by atoms with Crippen LogP contribution < -0.4 is 4.74 Å². The van der Waals surface area contributed by atoms with Crippen LogP contribution in [0.15, 0.2) is 41.0 Å². The van der Waals surface area contributed by atoms with E-state index in [0.29, 0.717) is 49.4 Å². The number of rotatable bonds is 2. The third kappa shape index (κ3) is 3.42.